The van der Waals surface area contributed by atoms with Crippen molar-refractivity contribution < 1.29 is 0 Å². The normalized spacial score (nSPS) is 10.7. The van der Waals surface area contributed by atoms with Crippen LogP contribution in [0.15, 0.2) is 52.9 Å². The lowest BCUT2D eigenvalue weighted by molar-refractivity contribution is 1.07. The van der Waals surface area contributed by atoms with E-state index in [2.05, 4.69) is 21.4 Å². The van der Waals surface area contributed by atoms with Crippen molar-refractivity contribution in [2.45, 2.75) is 5.03 Å². The Hall–Kier alpha value is -1.85. The van der Waals surface area contributed by atoms with E-state index >= 15 is 0 Å². The first-order valence-electron chi connectivity index (χ1n) is 6.09. The van der Waals surface area contributed by atoms with E-state index in [1.54, 1.807) is 23.1 Å². The predicted molar refractivity (Wildman–Crippen MR) is 87.0 cm³/mol. The maximum absolute atomic E-state index is 5.72. The van der Waals surface area contributed by atoms with Gasteiger partial charge in [-0.2, -0.15) is 0 Å². The van der Waals surface area contributed by atoms with Crippen molar-refractivity contribution in [3.05, 3.63) is 47.8 Å². The van der Waals surface area contributed by atoms with Crippen LogP contribution in [0.4, 0.5) is 5.69 Å². The van der Waals surface area contributed by atoms with Crippen LogP contribution in [0, 0.1) is 0 Å². The first kappa shape index (κ1) is 13.1. The summed E-state index contributed by atoms with van der Waals surface area (Å²) in [7, 11) is 0. The van der Waals surface area contributed by atoms with Crippen LogP contribution in [0.2, 0.25) is 0 Å². The molecule has 0 bridgehead atoms. The molecule has 3 nitrogen and oxygen atoms in total. The summed E-state index contributed by atoms with van der Waals surface area (Å²) < 4.78 is 0. The molecule has 0 saturated heterocycles. The molecule has 2 heterocycles. The van der Waals surface area contributed by atoms with Gasteiger partial charge < -0.3 is 5.73 Å². The van der Waals surface area contributed by atoms with Crippen LogP contribution in [-0.2, 0) is 0 Å². The van der Waals surface area contributed by atoms with E-state index in [0.717, 1.165) is 32.7 Å². The van der Waals surface area contributed by atoms with Crippen molar-refractivity contribution in [1.29, 1.82) is 0 Å². The Labute approximate surface area is 125 Å². The van der Waals surface area contributed by atoms with E-state index in [0.29, 0.717) is 0 Å². The van der Waals surface area contributed by atoms with Crippen LogP contribution in [0.25, 0.3) is 22.0 Å². The van der Waals surface area contributed by atoms with E-state index in [-0.39, 0.29) is 0 Å². The molecule has 2 N–H and O–H groups in total. The van der Waals surface area contributed by atoms with Gasteiger partial charge in [-0.25, -0.2) is 9.97 Å². The molecule has 0 radical (unpaired) electrons. The quantitative estimate of drug-likeness (QED) is 0.448. The second-order valence-corrected chi connectivity index (χ2v) is 5.99. The molecule has 0 aliphatic rings. The lowest BCUT2D eigenvalue weighted by Crippen LogP contribution is -1.94. The first-order valence-corrected chi connectivity index (χ1v) is 8.19. The van der Waals surface area contributed by atoms with Crippen molar-refractivity contribution in [1.82, 2.24) is 9.97 Å². The van der Waals surface area contributed by atoms with Crippen LogP contribution in [-0.4, -0.2) is 16.2 Å². The van der Waals surface area contributed by atoms with Gasteiger partial charge in [0.1, 0.15) is 5.03 Å². The summed E-state index contributed by atoms with van der Waals surface area (Å²) in [6.45, 7) is 0. The van der Waals surface area contributed by atoms with Crippen LogP contribution in [0.1, 0.15) is 0 Å². The maximum atomic E-state index is 5.72. The van der Waals surface area contributed by atoms with Gasteiger partial charge in [0.2, 0.25) is 0 Å². The molecule has 0 amide bonds. The number of nitrogens with two attached hydrogens (primary N) is 1. The van der Waals surface area contributed by atoms with Gasteiger partial charge in [0.05, 0.1) is 10.6 Å². The van der Waals surface area contributed by atoms with Crippen LogP contribution < -0.4 is 5.73 Å². The number of hydrogen-bond donors (Lipinski definition) is 1. The van der Waals surface area contributed by atoms with Gasteiger partial charge in [0.15, 0.2) is 5.82 Å². The van der Waals surface area contributed by atoms with Crippen LogP contribution in [0.3, 0.4) is 0 Å². The average Bonchev–Trinajstić information content (AvgIpc) is 3.02. The third-order valence-electron chi connectivity index (χ3n) is 2.85. The zero-order chi connectivity index (χ0) is 13.9. The van der Waals surface area contributed by atoms with Gasteiger partial charge in [-0.3, -0.25) is 0 Å². The molecule has 0 spiro atoms. The highest BCUT2D eigenvalue weighted by Crippen LogP contribution is 2.28. The number of benzene rings is 1. The molecule has 0 saturated carbocycles. The minimum absolute atomic E-state index is 0.736. The third kappa shape index (κ3) is 2.69. The molecule has 0 unspecified atom stereocenters. The van der Waals surface area contributed by atoms with E-state index in [4.69, 9.17) is 5.73 Å². The molecule has 100 valence electrons. The molecule has 3 aromatic rings. The number of thiophene rings is 1. The largest absolute Gasteiger partial charge is 0.399 e. The zero-order valence-corrected chi connectivity index (χ0v) is 12.5. The molecule has 0 atom stereocenters. The second kappa shape index (κ2) is 5.64. The fourth-order valence-electron chi connectivity index (χ4n) is 1.84. The number of nitrogen functional groups attached to an aromatic ring is 1. The second-order valence-electron chi connectivity index (χ2n) is 4.22. The SMILES string of the molecule is CSc1cc(-c2cccs2)nc(-c2ccc(N)cc2)n1. The van der Waals surface area contributed by atoms with Gasteiger partial charge in [-0.1, -0.05) is 6.07 Å². The van der Waals surface area contributed by atoms with Crippen LogP contribution in [0.5, 0.6) is 0 Å². The zero-order valence-electron chi connectivity index (χ0n) is 10.9. The molecule has 1 aromatic carbocycles. The predicted octanol–water partition coefficient (Wildman–Crippen LogP) is 4.18. The molecule has 5 heteroatoms. The van der Waals surface area contributed by atoms with Crippen molar-refractivity contribution in [3.8, 4) is 22.0 Å². The molecule has 2 aromatic heterocycles. The summed E-state index contributed by atoms with van der Waals surface area (Å²) in [5.74, 6) is 0.736. The third-order valence-corrected chi connectivity index (χ3v) is 4.37. The highest BCUT2D eigenvalue weighted by molar-refractivity contribution is 7.98. The van der Waals surface area contributed by atoms with Gasteiger partial charge in [0, 0.05) is 11.3 Å². The molecule has 3 rings (SSSR count). The number of aromatic nitrogens is 2. The van der Waals surface area contributed by atoms with E-state index in [1.165, 1.54) is 0 Å². The Morgan fingerprint density at radius 3 is 2.55 bits per heavy atom. The molecule has 0 fully saturated rings. The van der Waals surface area contributed by atoms with Gasteiger partial charge in [0.25, 0.3) is 0 Å². The Morgan fingerprint density at radius 1 is 1.10 bits per heavy atom. The number of rotatable bonds is 3. The lowest BCUT2D eigenvalue weighted by atomic mass is 10.2. The van der Waals surface area contributed by atoms with Crippen molar-refractivity contribution in [2.24, 2.45) is 0 Å². The maximum Gasteiger partial charge on any atom is 0.161 e. The standard InChI is InChI=1S/C15H13N3S2/c1-19-14-9-12(13-3-2-8-20-13)17-15(18-14)10-4-6-11(16)7-5-10/h2-9H,16H2,1H3. The number of hydrogen-bond acceptors (Lipinski definition) is 5. The number of anilines is 1. The van der Waals surface area contributed by atoms with Gasteiger partial charge in [-0.05, 0) is 48.0 Å². The molecular weight excluding hydrogens is 286 g/mol. The Balaban J connectivity index is 2.11. The van der Waals surface area contributed by atoms with E-state index in [1.807, 2.05) is 42.7 Å². The summed E-state index contributed by atoms with van der Waals surface area (Å²) in [4.78, 5) is 10.4. The fourth-order valence-corrected chi connectivity index (χ4v) is 2.93. The first-order chi connectivity index (χ1) is 9.76. The average molecular weight is 299 g/mol. The fraction of sp³-hybridized carbons (Fsp3) is 0.0667. The number of thioether (sulfide) groups is 1. The summed E-state index contributed by atoms with van der Waals surface area (Å²) in [6, 6.07) is 13.8. The van der Waals surface area contributed by atoms with E-state index in [9.17, 15) is 0 Å². The number of nitrogens with zero attached hydrogens (tertiary/aromatic N) is 2. The monoisotopic (exact) mass is 299 g/mol. The highest BCUT2D eigenvalue weighted by Gasteiger charge is 2.09. The summed E-state index contributed by atoms with van der Waals surface area (Å²) in [5.41, 5.74) is 8.41. The minimum Gasteiger partial charge on any atom is -0.399 e. The van der Waals surface area contributed by atoms with Crippen molar-refractivity contribution in [2.75, 3.05) is 12.0 Å². The van der Waals surface area contributed by atoms with Gasteiger partial charge >= 0.3 is 0 Å². The summed E-state index contributed by atoms with van der Waals surface area (Å²) in [5, 5.41) is 3.02. The van der Waals surface area contributed by atoms with Crippen molar-refractivity contribution >= 4 is 28.8 Å². The smallest absolute Gasteiger partial charge is 0.161 e. The Morgan fingerprint density at radius 2 is 1.90 bits per heavy atom. The highest BCUT2D eigenvalue weighted by atomic mass is 32.2. The van der Waals surface area contributed by atoms with E-state index < -0.39 is 0 Å². The lowest BCUT2D eigenvalue weighted by Gasteiger charge is -2.06. The minimum atomic E-state index is 0.736. The molecule has 0 aliphatic carbocycles. The molecule has 20 heavy (non-hydrogen) atoms. The molecular formula is C15H13N3S2. The summed E-state index contributed by atoms with van der Waals surface area (Å²) >= 11 is 3.30. The topological polar surface area (TPSA) is 51.8 Å². The molecule has 0 aliphatic heterocycles. The Kier molecular flexibility index (Phi) is 3.71. The Bertz CT molecular complexity index is 706. The van der Waals surface area contributed by atoms with Crippen molar-refractivity contribution in [3.63, 3.8) is 0 Å². The summed E-state index contributed by atoms with van der Waals surface area (Å²) in [6.07, 6.45) is 2.02. The van der Waals surface area contributed by atoms with Crippen LogP contribution >= 0.6 is 23.1 Å². The van der Waals surface area contributed by atoms with Gasteiger partial charge in [-0.15, -0.1) is 23.1 Å².